The summed E-state index contributed by atoms with van der Waals surface area (Å²) in [5.74, 6) is 0.233. The SMILES string of the molecule is CCn1nc(C)c(C(C)NCC(O)COc2ccc(F)cc2)c1C. The number of aliphatic hydroxyl groups excluding tert-OH is 1. The van der Waals surface area contributed by atoms with Gasteiger partial charge in [0.2, 0.25) is 0 Å². The molecule has 0 amide bonds. The lowest BCUT2D eigenvalue weighted by atomic mass is 10.1. The zero-order valence-electron chi connectivity index (χ0n) is 14.7. The zero-order valence-corrected chi connectivity index (χ0v) is 14.7. The standard InChI is InChI=1S/C18H26FN3O2/c1-5-22-14(4)18(13(3)21-22)12(2)20-10-16(23)11-24-17-8-6-15(19)7-9-17/h6-9,12,16,20,23H,5,10-11H2,1-4H3. The molecule has 6 heteroatoms. The van der Waals surface area contributed by atoms with Crippen LogP contribution in [0.15, 0.2) is 24.3 Å². The third kappa shape index (κ3) is 4.55. The van der Waals surface area contributed by atoms with Gasteiger partial charge in [-0.1, -0.05) is 0 Å². The van der Waals surface area contributed by atoms with Crippen molar-refractivity contribution in [2.75, 3.05) is 13.2 Å². The van der Waals surface area contributed by atoms with Crippen molar-refractivity contribution in [2.45, 2.75) is 46.4 Å². The number of rotatable bonds is 8. The van der Waals surface area contributed by atoms with Crippen LogP contribution in [0, 0.1) is 19.7 Å². The first-order valence-corrected chi connectivity index (χ1v) is 8.26. The molecule has 1 aromatic heterocycles. The summed E-state index contributed by atoms with van der Waals surface area (Å²) in [6.07, 6.45) is -0.653. The first kappa shape index (κ1) is 18.4. The van der Waals surface area contributed by atoms with Crippen LogP contribution in [0.25, 0.3) is 0 Å². The average molecular weight is 335 g/mol. The summed E-state index contributed by atoms with van der Waals surface area (Å²) >= 11 is 0. The fraction of sp³-hybridized carbons (Fsp3) is 0.500. The minimum atomic E-state index is -0.653. The number of aliphatic hydroxyl groups is 1. The number of hydrogen-bond donors (Lipinski definition) is 2. The summed E-state index contributed by atoms with van der Waals surface area (Å²) in [5.41, 5.74) is 3.32. The van der Waals surface area contributed by atoms with Crippen molar-refractivity contribution in [3.8, 4) is 5.75 Å². The predicted molar refractivity (Wildman–Crippen MR) is 91.7 cm³/mol. The largest absolute Gasteiger partial charge is 0.491 e. The van der Waals surface area contributed by atoms with Crippen molar-refractivity contribution in [2.24, 2.45) is 0 Å². The van der Waals surface area contributed by atoms with Gasteiger partial charge in [0.05, 0.1) is 5.69 Å². The van der Waals surface area contributed by atoms with E-state index in [2.05, 4.69) is 31.2 Å². The van der Waals surface area contributed by atoms with Crippen molar-refractivity contribution in [1.82, 2.24) is 15.1 Å². The van der Waals surface area contributed by atoms with E-state index in [0.29, 0.717) is 12.3 Å². The Morgan fingerprint density at radius 3 is 2.54 bits per heavy atom. The van der Waals surface area contributed by atoms with Gasteiger partial charge in [0, 0.05) is 30.4 Å². The summed E-state index contributed by atoms with van der Waals surface area (Å²) < 4.78 is 20.3. The van der Waals surface area contributed by atoms with Crippen molar-refractivity contribution in [3.05, 3.63) is 47.0 Å². The maximum atomic E-state index is 12.8. The quantitative estimate of drug-likeness (QED) is 0.779. The van der Waals surface area contributed by atoms with Crippen molar-refractivity contribution >= 4 is 0 Å². The molecule has 1 heterocycles. The summed E-state index contributed by atoms with van der Waals surface area (Å²) in [6.45, 7) is 9.58. The highest BCUT2D eigenvalue weighted by Gasteiger charge is 2.17. The van der Waals surface area contributed by atoms with Gasteiger partial charge in [-0.2, -0.15) is 5.10 Å². The topological polar surface area (TPSA) is 59.3 Å². The van der Waals surface area contributed by atoms with Gasteiger partial charge >= 0.3 is 0 Å². The molecule has 2 rings (SSSR count). The molecular formula is C18H26FN3O2. The molecule has 0 saturated carbocycles. The maximum absolute atomic E-state index is 12.8. The van der Waals surface area contributed by atoms with Crippen LogP contribution >= 0.6 is 0 Å². The van der Waals surface area contributed by atoms with Gasteiger partial charge in [0.25, 0.3) is 0 Å². The molecule has 0 radical (unpaired) electrons. The second kappa shape index (κ2) is 8.26. The Morgan fingerprint density at radius 2 is 1.96 bits per heavy atom. The van der Waals surface area contributed by atoms with E-state index in [1.54, 1.807) is 12.1 Å². The van der Waals surface area contributed by atoms with E-state index < -0.39 is 6.10 Å². The van der Waals surface area contributed by atoms with Crippen molar-refractivity contribution in [3.63, 3.8) is 0 Å². The molecule has 5 nitrogen and oxygen atoms in total. The smallest absolute Gasteiger partial charge is 0.123 e. The molecule has 2 atom stereocenters. The Morgan fingerprint density at radius 1 is 1.29 bits per heavy atom. The van der Waals surface area contributed by atoms with Crippen LogP contribution in [-0.2, 0) is 6.54 Å². The fourth-order valence-corrected chi connectivity index (χ4v) is 2.84. The number of nitrogens with zero attached hydrogens (tertiary/aromatic N) is 2. The van der Waals surface area contributed by atoms with Gasteiger partial charge in [-0.25, -0.2) is 4.39 Å². The maximum Gasteiger partial charge on any atom is 0.123 e. The first-order valence-electron chi connectivity index (χ1n) is 8.26. The van der Waals surface area contributed by atoms with Crippen LogP contribution in [0.1, 0.15) is 36.8 Å². The number of aromatic nitrogens is 2. The highest BCUT2D eigenvalue weighted by molar-refractivity contribution is 5.27. The molecule has 0 aliphatic heterocycles. The van der Waals surface area contributed by atoms with E-state index in [9.17, 15) is 9.50 Å². The van der Waals surface area contributed by atoms with E-state index in [1.807, 2.05) is 11.6 Å². The summed E-state index contributed by atoms with van der Waals surface area (Å²) in [7, 11) is 0. The highest BCUT2D eigenvalue weighted by Crippen LogP contribution is 2.21. The van der Waals surface area contributed by atoms with Crippen LogP contribution in [0.3, 0.4) is 0 Å². The number of aryl methyl sites for hydroxylation is 2. The van der Waals surface area contributed by atoms with Crippen LogP contribution in [0.2, 0.25) is 0 Å². The van der Waals surface area contributed by atoms with Crippen LogP contribution in [0.5, 0.6) is 5.75 Å². The molecule has 0 aliphatic carbocycles. The van der Waals surface area contributed by atoms with E-state index in [1.165, 1.54) is 17.7 Å². The summed E-state index contributed by atoms with van der Waals surface area (Å²) in [5, 5.41) is 17.9. The lowest BCUT2D eigenvalue weighted by Gasteiger charge is -2.18. The Balaban J connectivity index is 1.84. The molecule has 2 N–H and O–H groups in total. The number of hydrogen-bond acceptors (Lipinski definition) is 4. The summed E-state index contributed by atoms with van der Waals surface area (Å²) in [4.78, 5) is 0. The van der Waals surface area contributed by atoms with Crippen LogP contribution in [0.4, 0.5) is 4.39 Å². The third-order valence-electron chi connectivity index (χ3n) is 4.09. The minimum absolute atomic E-state index is 0.0887. The molecule has 2 aromatic rings. The Hall–Kier alpha value is -1.92. The van der Waals surface area contributed by atoms with Gasteiger partial charge in [-0.3, -0.25) is 4.68 Å². The molecule has 0 aliphatic rings. The number of nitrogens with one attached hydrogen (secondary N) is 1. The van der Waals surface area contributed by atoms with E-state index in [0.717, 1.165) is 17.9 Å². The fourth-order valence-electron chi connectivity index (χ4n) is 2.84. The number of benzene rings is 1. The zero-order chi connectivity index (χ0) is 17.7. The van der Waals surface area contributed by atoms with Gasteiger partial charge in [0.1, 0.15) is 24.3 Å². The molecule has 0 bridgehead atoms. The van der Waals surface area contributed by atoms with Gasteiger partial charge in [0.15, 0.2) is 0 Å². The number of halogens is 1. The monoisotopic (exact) mass is 335 g/mol. The Labute approximate surface area is 142 Å². The molecular weight excluding hydrogens is 309 g/mol. The molecule has 0 spiro atoms. The minimum Gasteiger partial charge on any atom is -0.491 e. The molecule has 0 saturated heterocycles. The van der Waals surface area contributed by atoms with Crippen LogP contribution < -0.4 is 10.1 Å². The highest BCUT2D eigenvalue weighted by atomic mass is 19.1. The second-order valence-electron chi connectivity index (χ2n) is 5.95. The third-order valence-corrected chi connectivity index (χ3v) is 4.09. The normalized spacial score (nSPS) is 13.8. The second-order valence-corrected chi connectivity index (χ2v) is 5.95. The lowest BCUT2D eigenvalue weighted by molar-refractivity contribution is 0.104. The predicted octanol–water partition coefficient (Wildman–Crippen LogP) is 2.75. The summed E-state index contributed by atoms with van der Waals surface area (Å²) in [6, 6.07) is 5.84. The van der Waals surface area contributed by atoms with Crippen molar-refractivity contribution < 1.29 is 14.2 Å². The van der Waals surface area contributed by atoms with Gasteiger partial charge < -0.3 is 15.2 Å². The van der Waals surface area contributed by atoms with Gasteiger partial charge in [-0.15, -0.1) is 0 Å². The molecule has 2 unspecified atom stereocenters. The van der Waals surface area contributed by atoms with E-state index in [-0.39, 0.29) is 18.5 Å². The Kier molecular flexibility index (Phi) is 6.34. The molecule has 1 aromatic carbocycles. The molecule has 0 fully saturated rings. The lowest BCUT2D eigenvalue weighted by Crippen LogP contribution is -2.33. The van der Waals surface area contributed by atoms with Crippen LogP contribution in [-0.4, -0.2) is 34.1 Å². The molecule has 24 heavy (non-hydrogen) atoms. The Bertz CT molecular complexity index is 655. The van der Waals surface area contributed by atoms with Gasteiger partial charge in [-0.05, 0) is 52.0 Å². The van der Waals surface area contributed by atoms with E-state index >= 15 is 0 Å². The average Bonchev–Trinajstić information content (AvgIpc) is 2.86. The van der Waals surface area contributed by atoms with Crippen molar-refractivity contribution in [1.29, 1.82) is 0 Å². The van der Waals surface area contributed by atoms with E-state index in [4.69, 9.17) is 4.74 Å². The first-order chi connectivity index (χ1) is 11.4. The number of ether oxygens (including phenoxy) is 1. The molecule has 132 valence electrons.